The van der Waals surface area contributed by atoms with Crippen LogP contribution < -0.4 is 5.32 Å². The summed E-state index contributed by atoms with van der Waals surface area (Å²) < 4.78 is 4.98. The van der Waals surface area contributed by atoms with Gasteiger partial charge >= 0.3 is 5.97 Å². The molecule has 1 unspecified atom stereocenters. The van der Waals surface area contributed by atoms with Gasteiger partial charge in [-0.25, -0.2) is 4.79 Å². The molecule has 82 valence electrons. The zero-order chi connectivity index (χ0) is 11.0. The summed E-state index contributed by atoms with van der Waals surface area (Å²) in [6.45, 7) is 6.03. The maximum absolute atomic E-state index is 10.3. The molecule has 0 rings (SSSR count). The molecule has 4 heteroatoms. The van der Waals surface area contributed by atoms with Gasteiger partial charge in [-0.05, 0) is 12.8 Å². The third kappa shape index (κ3) is 7.76. The topological polar surface area (TPSA) is 58.6 Å². The summed E-state index contributed by atoms with van der Waals surface area (Å²) in [5.41, 5.74) is 0.821. The molecule has 0 fully saturated rings. The van der Waals surface area contributed by atoms with Gasteiger partial charge in [-0.3, -0.25) is 0 Å². The fourth-order valence-electron chi connectivity index (χ4n) is 1.12. The first-order valence-electron chi connectivity index (χ1n) is 4.66. The van der Waals surface area contributed by atoms with E-state index in [1.807, 2.05) is 0 Å². The summed E-state index contributed by atoms with van der Waals surface area (Å²) in [6.07, 6.45) is 1.22. The third-order valence-corrected chi connectivity index (χ3v) is 1.72. The van der Waals surface area contributed by atoms with Crippen molar-refractivity contribution in [3.63, 3.8) is 0 Å². The van der Waals surface area contributed by atoms with E-state index in [1.165, 1.54) is 6.08 Å². The second-order valence-electron chi connectivity index (χ2n) is 3.52. The van der Waals surface area contributed by atoms with E-state index in [0.717, 1.165) is 12.1 Å². The highest BCUT2D eigenvalue weighted by Gasteiger charge is 2.00. The molecule has 0 amide bonds. The van der Waals surface area contributed by atoms with Crippen LogP contribution in [0.3, 0.4) is 0 Å². The number of ether oxygens (including phenoxy) is 1. The minimum atomic E-state index is -0.894. The van der Waals surface area contributed by atoms with Crippen LogP contribution in [0.25, 0.3) is 0 Å². The molecule has 2 N–H and O–H groups in total. The van der Waals surface area contributed by atoms with E-state index in [2.05, 4.69) is 12.2 Å². The molecule has 4 nitrogen and oxygen atoms in total. The Bertz CT molecular complexity index is 202. The third-order valence-electron chi connectivity index (χ3n) is 1.72. The smallest absolute Gasteiger partial charge is 0.328 e. The quantitative estimate of drug-likeness (QED) is 0.601. The van der Waals surface area contributed by atoms with Crippen molar-refractivity contribution >= 4 is 5.97 Å². The summed E-state index contributed by atoms with van der Waals surface area (Å²) in [6, 6.07) is 0. The van der Waals surface area contributed by atoms with Gasteiger partial charge in [0.05, 0.1) is 0 Å². The minimum Gasteiger partial charge on any atom is -0.478 e. The van der Waals surface area contributed by atoms with E-state index in [-0.39, 0.29) is 0 Å². The molecule has 0 aliphatic heterocycles. The molecule has 0 heterocycles. The molecule has 0 aromatic rings. The van der Waals surface area contributed by atoms with Crippen LogP contribution in [0.1, 0.15) is 13.8 Å². The van der Waals surface area contributed by atoms with Gasteiger partial charge in [0.15, 0.2) is 0 Å². The number of hydrogen-bond acceptors (Lipinski definition) is 3. The Morgan fingerprint density at radius 2 is 2.29 bits per heavy atom. The summed E-state index contributed by atoms with van der Waals surface area (Å²) in [5, 5.41) is 11.6. The van der Waals surface area contributed by atoms with Crippen LogP contribution in [0, 0.1) is 5.92 Å². The standard InChI is InChI=1S/C10H19NO3/c1-8(4-10(12)13)5-11-6-9(2)7-14-3/h4,9,11H,5-7H2,1-3H3,(H,12,13). The molecule has 0 bridgehead atoms. The second-order valence-corrected chi connectivity index (χ2v) is 3.52. The Kier molecular flexibility index (Phi) is 7.06. The number of hydrogen-bond donors (Lipinski definition) is 2. The highest BCUT2D eigenvalue weighted by Crippen LogP contribution is 1.94. The number of aliphatic carboxylic acids is 1. The van der Waals surface area contributed by atoms with Crippen LogP contribution in [-0.2, 0) is 9.53 Å². The summed E-state index contributed by atoms with van der Waals surface area (Å²) in [7, 11) is 1.67. The number of rotatable bonds is 7. The highest BCUT2D eigenvalue weighted by molar-refractivity contribution is 5.80. The van der Waals surface area contributed by atoms with Gasteiger partial charge in [-0.2, -0.15) is 0 Å². The lowest BCUT2D eigenvalue weighted by molar-refractivity contribution is -0.131. The normalized spacial score (nSPS) is 14.1. The monoisotopic (exact) mass is 201 g/mol. The van der Waals surface area contributed by atoms with Gasteiger partial charge < -0.3 is 15.2 Å². The summed E-state index contributed by atoms with van der Waals surface area (Å²) in [5.74, 6) is -0.452. The molecular weight excluding hydrogens is 182 g/mol. The maximum atomic E-state index is 10.3. The Labute approximate surface area is 85.0 Å². The van der Waals surface area contributed by atoms with Gasteiger partial charge in [0.2, 0.25) is 0 Å². The lowest BCUT2D eigenvalue weighted by atomic mass is 10.2. The van der Waals surface area contributed by atoms with Crippen LogP contribution in [0.4, 0.5) is 0 Å². The number of nitrogens with one attached hydrogen (secondary N) is 1. The number of carboxylic acid groups (broad SMARTS) is 1. The molecule has 0 spiro atoms. The first-order chi connectivity index (χ1) is 6.56. The number of carbonyl (C=O) groups is 1. The van der Waals surface area contributed by atoms with Gasteiger partial charge in [-0.1, -0.05) is 12.5 Å². The Morgan fingerprint density at radius 1 is 1.64 bits per heavy atom. The van der Waals surface area contributed by atoms with Gasteiger partial charge in [0.1, 0.15) is 0 Å². The lowest BCUT2D eigenvalue weighted by Crippen LogP contribution is -2.25. The van der Waals surface area contributed by atoms with Gasteiger partial charge in [0, 0.05) is 32.9 Å². The van der Waals surface area contributed by atoms with Crippen LogP contribution in [-0.4, -0.2) is 37.9 Å². The first-order valence-corrected chi connectivity index (χ1v) is 4.66. The summed E-state index contributed by atoms with van der Waals surface area (Å²) >= 11 is 0. The zero-order valence-electron chi connectivity index (χ0n) is 9.04. The van der Waals surface area contributed by atoms with Gasteiger partial charge in [0.25, 0.3) is 0 Å². The fourth-order valence-corrected chi connectivity index (χ4v) is 1.12. The van der Waals surface area contributed by atoms with E-state index in [0.29, 0.717) is 19.1 Å². The highest BCUT2D eigenvalue weighted by atomic mass is 16.5. The van der Waals surface area contributed by atoms with E-state index in [1.54, 1.807) is 14.0 Å². The average molecular weight is 201 g/mol. The zero-order valence-corrected chi connectivity index (χ0v) is 9.04. The van der Waals surface area contributed by atoms with Crippen LogP contribution >= 0.6 is 0 Å². The van der Waals surface area contributed by atoms with Crippen LogP contribution in [0.5, 0.6) is 0 Å². The molecule has 0 aliphatic carbocycles. The molecule has 1 atom stereocenters. The molecule has 14 heavy (non-hydrogen) atoms. The fraction of sp³-hybridized carbons (Fsp3) is 0.700. The molecule has 0 aromatic carbocycles. The lowest BCUT2D eigenvalue weighted by Gasteiger charge is -2.11. The van der Waals surface area contributed by atoms with E-state index in [9.17, 15) is 4.79 Å². The van der Waals surface area contributed by atoms with Gasteiger partial charge in [-0.15, -0.1) is 0 Å². The molecule has 0 aromatic heterocycles. The average Bonchev–Trinajstić information content (AvgIpc) is 2.02. The summed E-state index contributed by atoms with van der Waals surface area (Å²) in [4.78, 5) is 10.3. The van der Waals surface area contributed by atoms with Crippen molar-refractivity contribution in [1.82, 2.24) is 5.32 Å². The molecule has 0 saturated carbocycles. The number of methoxy groups -OCH3 is 1. The minimum absolute atomic E-state index is 0.442. The van der Waals surface area contributed by atoms with Crippen molar-refractivity contribution in [2.45, 2.75) is 13.8 Å². The maximum Gasteiger partial charge on any atom is 0.328 e. The van der Waals surface area contributed by atoms with Crippen molar-refractivity contribution in [1.29, 1.82) is 0 Å². The van der Waals surface area contributed by atoms with E-state index < -0.39 is 5.97 Å². The van der Waals surface area contributed by atoms with Crippen molar-refractivity contribution in [2.24, 2.45) is 5.92 Å². The Balaban J connectivity index is 3.58. The number of carboxylic acids is 1. The Hall–Kier alpha value is -0.870. The largest absolute Gasteiger partial charge is 0.478 e. The molecular formula is C10H19NO3. The second kappa shape index (κ2) is 7.53. The van der Waals surface area contributed by atoms with Crippen LogP contribution in [0.15, 0.2) is 11.6 Å². The van der Waals surface area contributed by atoms with Crippen molar-refractivity contribution in [3.8, 4) is 0 Å². The van der Waals surface area contributed by atoms with Crippen molar-refractivity contribution in [2.75, 3.05) is 26.8 Å². The predicted octanol–water partition coefficient (Wildman–Crippen LogP) is 0.889. The predicted molar refractivity (Wildman–Crippen MR) is 55.3 cm³/mol. The van der Waals surface area contributed by atoms with Crippen LogP contribution in [0.2, 0.25) is 0 Å². The first kappa shape index (κ1) is 13.1. The molecule has 0 radical (unpaired) electrons. The van der Waals surface area contributed by atoms with E-state index in [4.69, 9.17) is 9.84 Å². The molecule has 0 saturated heterocycles. The van der Waals surface area contributed by atoms with Crippen molar-refractivity contribution in [3.05, 3.63) is 11.6 Å². The Morgan fingerprint density at radius 3 is 2.79 bits per heavy atom. The molecule has 0 aliphatic rings. The SMILES string of the molecule is COCC(C)CNCC(C)=CC(=O)O. The van der Waals surface area contributed by atoms with Crippen molar-refractivity contribution < 1.29 is 14.6 Å². The van der Waals surface area contributed by atoms with E-state index >= 15 is 0 Å².